The van der Waals surface area contributed by atoms with E-state index in [1.807, 2.05) is 0 Å². The maximum atomic E-state index is 13.9. The fraction of sp³-hybridized carbons (Fsp3) is 0.556. The van der Waals surface area contributed by atoms with Gasteiger partial charge in [-0.05, 0) is 25.0 Å². The third-order valence-electron chi connectivity index (χ3n) is 5.23. The predicted molar refractivity (Wildman–Crippen MR) is 88.1 cm³/mol. The average molecular weight is 347 g/mol. The van der Waals surface area contributed by atoms with Crippen molar-refractivity contribution in [2.75, 3.05) is 19.8 Å². The number of aliphatic hydroxyl groups excluding tert-OH is 1. The molecule has 1 aliphatic carbocycles. The van der Waals surface area contributed by atoms with Crippen LogP contribution in [0.25, 0.3) is 11.4 Å². The Kier molecular flexibility index (Phi) is 4.78. The molecular formula is C18H22FN3O3. The molecule has 2 fully saturated rings. The number of ether oxygens (including phenoxy) is 1. The summed E-state index contributed by atoms with van der Waals surface area (Å²) in [5, 5.41) is 14.1. The molecule has 0 radical (unpaired) electrons. The SMILES string of the molecule is O[C@@H]1CCC[C@@H]1[C@@H]1COCCN1Cc1nc(-c2ccccc2F)no1. The van der Waals surface area contributed by atoms with E-state index in [9.17, 15) is 9.50 Å². The van der Waals surface area contributed by atoms with Gasteiger partial charge in [-0.2, -0.15) is 4.98 Å². The molecule has 1 saturated carbocycles. The molecule has 2 aromatic rings. The Bertz CT molecular complexity index is 723. The maximum absolute atomic E-state index is 13.9. The van der Waals surface area contributed by atoms with Crippen LogP contribution in [0.2, 0.25) is 0 Å². The van der Waals surface area contributed by atoms with Crippen molar-refractivity contribution in [1.29, 1.82) is 0 Å². The van der Waals surface area contributed by atoms with Crippen LogP contribution in [-0.2, 0) is 11.3 Å². The molecule has 0 bridgehead atoms. The Morgan fingerprint density at radius 2 is 2.16 bits per heavy atom. The lowest BCUT2D eigenvalue weighted by molar-refractivity contribution is -0.0567. The Balaban J connectivity index is 1.50. The lowest BCUT2D eigenvalue weighted by atomic mass is 9.94. The third-order valence-corrected chi connectivity index (χ3v) is 5.23. The maximum Gasteiger partial charge on any atom is 0.241 e. The molecule has 1 saturated heterocycles. The summed E-state index contributed by atoms with van der Waals surface area (Å²) in [4.78, 5) is 6.59. The molecule has 3 atom stereocenters. The highest BCUT2D eigenvalue weighted by molar-refractivity contribution is 5.54. The topological polar surface area (TPSA) is 71.6 Å². The van der Waals surface area contributed by atoms with Gasteiger partial charge in [0.15, 0.2) is 0 Å². The number of aromatic nitrogens is 2. The summed E-state index contributed by atoms with van der Waals surface area (Å²) >= 11 is 0. The van der Waals surface area contributed by atoms with Crippen molar-refractivity contribution in [2.45, 2.75) is 38.0 Å². The van der Waals surface area contributed by atoms with Crippen molar-refractivity contribution in [2.24, 2.45) is 5.92 Å². The van der Waals surface area contributed by atoms with Crippen LogP contribution >= 0.6 is 0 Å². The number of morpholine rings is 1. The van der Waals surface area contributed by atoms with Crippen LogP contribution < -0.4 is 0 Å². The first-order chi connectivity index (χ1) is 12.2. The second kappa shape index (κ2) is 7.19. The summed E-state index contributed by atoms with van der Waals surface area (Å²) in [7, 11) is 0. The number of hydrogen-bond acceptors (Lipinski definition) is 6. The van der Waals surface area contributed by atoms with E-state index in [0.717, 1.165) is 25.8 Å². The van der Waals surface area contributed by atoms with E-state index in [-0.39, 0.29) is 29.7 Å². The van der Waals surface area contributed by atoms with Crippen LogP contribution in [0.1, 0.15) is 25.2 Å². The number of hydrogen-bond donors (Lipinski definition) is 1. The highest BCUT2D eigenvalue weighted by Crippen LogP contribution is 2.33. The van der Waals surface area contributed by atoms with E-state index >= 15 is 0 Å². The molecule has 0 spiro atoms. The Hall–Kier alpha value is -1.83. The van der Waals surface area contributed by atoms with Gasteiger partial charge in [0.1, 0.15) is 5.82 Å². The molecule has 0 amide bonds. The zero-order valence-corrected chi connectivity index (χ0v) is 14.0. The molecule has 1 N–H and O–H groups in total. The lowest BCUT2D eigenvalue weighted by Gasteiger charge is -2.39. The van der Waals surface area contributed by atoms with Crippen LogP contribution in [-0.4, -0.2) is 52.1 Å². The highest BCUT2D eigenvalue weighted by atomic mass is 19.1. The predicted octanol–water partition coefficient (Wildman–Crippen LogP) is 2.24. The van der Waals surface area contributed by atoms with Gasteiger partial charge in [0.2, 0.25) is 11.7 Å². The molecule has 2 aliphatic rings. The molecular weight excluding hydrogens is 325 g/mol. The lowest BCUT2D eigenvalue weighted by Crippen LogP contribution is -2.50. The summed E-state index contributed by atoms with van der Waals surface area (Å²) in [5.41, 5.74) is 0.335. The number of halogens is 1. The fourth-order valence-electron chi connectivity index (χ4n) is 3.91. The van der Waals surface area contributed by atoms with Gasteiger partial charge in [-0.15, -0.1) is 0 Å². The summed E-state index contributed by atoms with van der Waals surface area (Å²) in [6.45, 7) is 2.49. The molecule has 2 heterocycles. The van der Waals surface area contributed by atoms with E-state index in [1.165, 1.54) is 6.07 Å². The van der Waals surface area contributed by atoms with Gasteiger partial charge >= 0.3 is 0 Å². The molecule has 1 aromatic carbocycles. The monoisotopic (exact) mass is 347 g/mol. The molecule has 25 heavy (non-hydrogen) atoms. The summed E-state index contributed by atoms with van der Waals surface area (Å²) < 4.78 is 24.9. The number of benzene rings is 1. The Labute approximate surface area is 145 Å². The molecule has 0 unspecified atom stereocenters. The second-order valence-electron chi connectivity index (χ2n) is 6.77. The number of rotatable bonds is 4. The first kappa shape index (κ1) is 16.6. The quantitative estimate of drug-likeness (QED) is 0.915. The first-order valence-electron chi connectivity index (χ1n) is 8.80. The number of aliphatic hydroxyl groups is 1. The van der Waals surface area contributed by atoms with Gasteiger partial charge in [-0.1, -0.05) is 23.7 Å². The van der Waals surface area contributed by atoms with Gasteiger partial charge in [0, 0.05) is 18.5 Å². The van der Waals surface area contributed by atoms with Gasteiger partial charge < -0.3 is 14.4 Å². The zero-order chi connectivity index (χ0) is 17.2. The zero-order valence-electron chi connectivity index (χ0n) is 14.0. The molecule has 4 rings (SSSR count). The van der Waals surface area contributed by atoms with Crippen molar-refractivity contribution in [3.8, 4) is 11.4 Å². The van der Waals surface area contributed by atoms with Crippen molar-refractivity contribution in [1.82, 2.24) is 15.0 Å². The minimum atomic E-state index is -0.367. The van der Waals surface area contributed by atoms with Gasteiger partial charge in [0.05, 0.1) is 31.4 Å². The highest BCUT2D eigenvalue weighted by Gasteiger charge is 2.38. The van der Waals surface area contributed by atoms with E-state index < -0.39 is 0 Å². The molecule has 1 aromatic heterocycles. The van der Waals surface area contributed by atoms with Gasteiger partial charge in [-0.25, -0.2) is 4.39 Å². The van der Waals surface area contributed by atoms with Crippen molar-refractivity contribution < 1.29 is 18.8 Å². The van der Waals surface area contributed by atoms with Crippen molar-refractivity contribution in [3.05, 3.63) is 36.0 Å². The van der Waals surface area contributed by atoms with Crippen LogP contribution in [0.15, 0.2) is 28.8 Å². The van der Waals surface area contributed by atoms with Crippen LogP contribution in [0, 0.1) is 11.7 Å². The van der Waals surface area contributed by atoms with Crippen molar-refractivity contribution in [3.63, 3.8) is 0 Å². The average Bonchev–Trinajstić information content (AvgIpc) is 3.25. The summed E-state index contributed by atoms with van der Waals surface area (Å²) in [6, 6.07) is 6.54. The minimum Gasteiger partial charge on any atom is -0.393 e. The van der Waals surface area contributed by atoms with Gasteiger partial charge in [0.25, 0.3) is 0 Å². The normalized spacial score (nSPS) is 27.7. The smallest absolute Gasteiger partial charge is 0.241 e. The standard InChI is InChI=1S/C18H22FN3O3/c19-14-6-2-1-4-12(14)18-20-17(25-21-18)10-22-8-9-24-11-15(22)13-5-3-7-16(13)23/h1-2,4,6,13,15-16,23H,3,5,7-11H2/t13-,15+,16-/m1/s1. The number of nitrogens with zero attached hydrogens (tertiary/aromatic N) is 3. The van der Waals surface area contributed by atoms with Crippen LogP contribution in [0.3, 0.4) is 0 Å². The largest absolute Gasteiger partial charge is 0.393 e. The molecule has 1 aliphatic heterocycles. The van der Waals surface area contributed by atoms with Crippen LogP contribution in [0.5, 0.6) is 0 Å². The molecule has 134 valence electrons. The Morgan fingerprint density at radius 1 is 1.28 bits per heavy atom. The van der Waals surface area contributed by atoms with E-state index in [0.29, 0.717) is 31.2 Å². The first-order valence-corrected chi connectivity index (χ1v) is 8.80. The van der Waals surface area contributed by atoms with Crippen molar-refractivity contribution >= 4 is 0 Å². The summed E-state index contributed by atoms with van der Waals surface area (Å²) in [5.74, 6) is 0.568. The second-order valence-corrected chi connectivity index (χ2v) is 6.77. The molecule has 7 heteroatoms. The summed E-state index contributed by atoms with van der Waals surface area (Å²) in [6.07, 6.45) is 2.64. The van der Waals surface area contributed by atoms with E-state index in [2.05, 4.69) is 15.0 Å². The van der Waals surface area contributed by atoms with E-state index in [4.69, 9.17) is 9.26 Å². The fourth-order valence-corrected chi connectivity index (χ4v) is 3.91. The van der Waals surface area contributed by atoms with Gasteiger partial charge in [-0.3, -0.25) is 4.90 Å². The van der Waals surface area contributed by atoms with E-state index in [1.54, 1.807) is 18.2 Å². The molecule has 6 nitrogen and oxygen atoms in total. The van der Waals surface area contributed by atoms with Crippen LogP contribution in [0.4, 0.5) is 4.39 Å². The third kappa shape index (κ3) is 3.44. The minimum absolute atomic E-state index is 0.148. The Morgan fingerprint density at radius 3 is 2.96 bits per heavy atom.